The van der Waals surface area contributed by atoms with Gasteiger partial charge in [0.25, 0.3) is 0 Å². The smallest absolute Gasteiger partial charge is 0.351 e. The van der Waals surface area contributed by atoms with Crippen LogP contribution in [0.4, 0.5) is 20.2 Å². The van der Waals surface area contributed by atoms with Crippen LogP contribution in [-0.4, -0.2) is 28.6 Å². The first-order valence-electron chi connectivity index (χ1n) is 7.18. The van der Waals surface area contributed by atoms with E-state index in [4.69, 9.17) is 5.14 Å². The molecule has 1 aromatic heterocycles. The average molecular weight is 508 g/mol. The highest BCUT2D eigenvalue weighted by Gasteiger charge is 2.27. The zero-order chi connectivity index (χ0) is 19.9. The largest absolute Gasteiger partial charge is 0.365 e. The zero-order valence-electron chi connectivity index (χ0n) is 13.5. The van der Waals surface area contributed by atoms with E-state index >= 15 is 0 Å². The Balaban J connectivity index is 2.30. The Morgan fingerprint density at radius 2 is 1.96 bits per heavy atom. The minimum atomic E-state index is -4.60. The second-order valence-corrected chi connectivity index (χ2v) is 8.22. The number of aromatic nitrogens is 4. The summed E-state index contributed by atoms with van der Waals surface area (Å²) in [5.74, 6) is -3.21. The van der Waals surface area contributed by atoms with Crippen LogP contribution in [0.5, 0.6) is 0 Å². The quantitative estimate of drug-likeness (QED) is 0.458. The standard InChI is InChI=1S/C14H11F2IN6O3S/c1-6-4-7(17)2-3-8(6)19-13-9(23-14(24)20-21-22-23)5-10(27(18,25)26)11(15)12(13)16/h2-5,19H,1H3,(H2,18,25,26)(H,20,22,24). The predicted molar refractivity (Wildman–Crippen MR) is 100 cm³/mol. The van der Waals surface area contributed by atoms with Gasteiger partial charge in [0, 0.05) is 9.26 Å². The number of primary sulfonamides is 1. The third-order valence-corrected chi connectivity index (χ3v) is 5.19. The van der Waals surface area contributed by atoms with Gasteiger partial charge in [-0.1, -0.05) is 0 Å². The SMILES string of the molecule is Cc1cc(I)ccc1Nc1c(-n2nn[nH]c2=O)cc(S(N)(=O)=O)c(F)c1F. The van der Waals surface area contributed by atoms with Gasteiger partial charge in [-0.15, -0.1) is 0 Å². The summed E-state index contributed by atoms with van der Waals surface area (Å²) < 4.78 is 53.8. The Morgan fingerprint density at radius 3 is 2.52 bits per heavy atom. The van der Waals surface area contributed by atoms with Gasteiger partial charge in [-0.25, -0.2) is 32.2 Å². The van der Waals surface area contributed by atoms with Crippen molar-refractivity contribution in [3.63, 3.8) is 0 Å². The van der Waals surface area contributed by atoms with E-state index in [2.05, 4.69) is 38.3 Å². The summed E-state index contributed by atoms with van der Waals surface area (Å²) in [5, 5.41) is 16.3. The molecule has 4 N–H and O–H groups in total. The summed E-state index contributed by atoms with van der Waals surface area (Å²) in [7, 11) is -4.60. The molecule has 0 aliphatic rings. The number of halogens is 3. The third-order valence-electron chi connectivity index (χ3n) is 3.61. The molecule has 0 saturated heterocycles. The van der Waals surface area contributed by atoms with Crippen LogP contribution in [0.1, 0.15) is 5.56 Å². The Labute approximate surface area is 164 Å². The highest BCUT2D eigenvalue weighted by atomic mass is 127. The van der Waals surface area contributed by atoms with Gasteiger partial charge in [0.15, 0.2) is 11.6 Å². The molecule has 0 amide bonds. The number of sulfonamides is 1. The first kappa shape index (κ1) is 19.4. The number of tetrazole rings is 1. The topological polar surface area (TPSA) is 136 Å². The zero-order valence-corrected chi connectivity index (χ0v) is 16.5. The molecule has 2 aromatic carbocycles. The highest BCUT2D eigenvalue weighted by Crippen LogP contribution is 2.33. The van der Waals surface area contributed by atoms with Gasteiger partial charge in [-0.2, -0.15) is 4.68 Å². The number of aryl methyl sites for hydroxylation is 1. The summed E-state index contributed by atoms with van der Waals surface area (Å²) in [5.41, 5.74) is -0.649. The Bertz CT molecular complexity index is 1210. The van der Waals surface area contributed by atoms with Crippen LogP contribution in [0.15, 0.2) is 34.0 Å². The molecule has 0 radical (unpaired) electrons. The van der Waals surface area contributed by atoms with Crippen molar-refractivity contribution in [2.45, 2.75) is 11.8 Å². The third kappa shape index (κ3) is 3.70. The first-order chi connectivity index (χ1) is 12.6. The lowest BCUT2D eigenvalue weighted by Crippen LogP contribution is -2.21. The Hall–Kier alpha value is -2.39. The van der Waals surface area contributed by atoms with Gasteiger partial charge in [-0.3, -0.25) is 0 Å². The molecule has 0 unspecified atom stereocenters. The second kappa shape index (κ2) is 6.97. The number of anilines is 2. The van der Waals surface area contributed by atoms with Gasteiger partial charge in [0.1, 0.15) is 16.3 Å². The van der Waals surface area contributed by atoms with E-state index < -0.39 is 37.9 Å². The van der Waals surface area contributed by atoms with Crippen LogP contribution in [0, 0.1) is 22.1 Å². The molecular formula is C14H11F2IN6O3S. The van der Waals surface area contributed by atoms with E-state index in [0.29, 0.717) is 22.0 Å². The van der Waals surface area contributed by atoms with Crippen molar-refractivity contribution in [2.24, 2.45) is 5.14 Å². The number of rotatable bonds is 4. The Morgan fingerprint density at radius 1 is 1.26 bits per heavy atom. The van der Waals surface area contributed by atoms with Crippen LogP contribution in [0.2, 0.25) is 0 Å². The number of nitrogens with zero attached hydrogens (tertiary/aromatic N) is 3. The molecule has 27 heavy (non-hydrogen) atoms. The molecule has 3 aromatic rings. The molecule has 9 nitrogen and oxygen atoms in total. The fraction of sp³-hybridized carbons (Fsp3) is 0.0714. The molecule has 3 rings (SSSR count). The molecule has 0 aliphatic carbocycles. The van der Waals surface area contributed by atoms with Crippen molar-refractivity contribution in [1.82, 2.24) is 20.2 Å². The van der Waals surface area contributed by atoms with E-state index in [1.54, 1.807) is 25.1 Å². The van der Waals surface area contributed by atoms with E-state index in [1.807, 2.05) is 5.10 Å². The maximum absolute atomic E-state index is 14.7. The maximum atomic E-state index is 14.7. The van der Waals surface area contributed by atoms with Gasteiger partial charge in [0.2, 0.25) is 10.0 Å². The lowest BCUT2D eigenvalue weighted by Gasteiger charge is -2.16. The van der Waals surface area contributed by atoms with Crippen molar-refractivity contribution in [2.75, 3.05) is 5.32 Å². The van der Waals surface area contributed by atoms with Crippen LogP contribution >= 0.6 is 22.6 Å². The minimum absolute atomic E-state index is 0.380. The predicted octanol–water partition coefficient (Wildman–Crippen LogP) is 1.54. The van der Waals surface area contributed by atoms with Crippen molar-refractivity contribution in [3.05, 3.63) is 55.5 Å². The summed E-state index contributed by atoms with van der Waals surface area (Å²) in [4.78, 5) is 10.7. The van der Waals surface area contributed by atoms with E-state index in [1.165, 1.54) is 0 Å². The number of aromatic amines is 1. The van der Waals surface area contributed by atoms with Crippen molar-refractivity contribution in [1.29, 1.82) is 0 Å². The number of nitrogens with one attached hydrogen (secondary N) is 2. The summed E-state index contributed by atoms with van der Waals surface area (Å²) in [6.07, 6.45) is 0. The van der Waals surface area contributed by atoms with Crippen molar-refractivity contribution >= 4 is 44.0 Å². The second-order valence-electron chi connectivity index (χ2n) is 5.44. The lowest BCUT2D eigenvalue weighted by molar-refractivity contribution is 0.486. The molecule has 0 spiro atoms. The lowest BCUT2D eigenvalue weighted by atomic mass is 10.1. The molecule has 0 atom stereocenters. The minimum Gasteiger partial charge on any atom is -0.351 e. The van der Waals surface area contributed by atoms with Crippen LogP contribution in [-0.2, 0) is 10.0 Å². The van der Waals surface area contributed by atoms with Gasteiger partial charge >= 0.3 is 5.69 Å². The van der Waals surface area contributed by atoms with Gasteiger partial charge < -0.3 is 5.32 Å². The molecular weight excluding hydrogens is 497 g/mol. The van der Waals surface area contributed by atoms with E-state index in [9.17, 15) is 22.0 Å². The molecule has 0 saturated carbocycles. The number of nitrogens with two attached hydrogens (primary N) is 1. The fourth-order valence-electron chi connectivity index (χ4n) is 2.34. The maximum Gasteiger partial charge on any atom is 0.365 e. The summed E-state index contributed by atoms with van der Waals surface area (Å²) >= 11 is 2.09. The van der Waals surface area contributed by atoms with Crippen LogP contribution in [0.25, 0.3) is 5.69 Å². The molecule has 0 aliphatic heterocycles. The van der Waals surface area contributed by atoms with E-state index in [0.717, 1.165) is 3.57 Å². The normalized spacial score (nSPS) is 11.6. The molecule has 142 valence electrons. The van der Waals surface area contributed by atoms with Crippen LogP contribution < -0.4 is 16.1 Å². The number of benzene rings is 2. The Kier molecular flexibility index (Phi) is 5.00. The van der Waals surface area contributed by atoms with Crippen molar-refractivity contribution in [3.8, 4) is 5.69 Å². The average Bonchev–Trinajstić information content (AvgIpc) is 2.99. The van der Waals surface area contributed by atoms with Crippen LogP contribution in [0.3, 0.4) is 0 Å². The summed E-state index contributed by atoms with van der Waals surface area (Å²) in [6.45, 7) is 1.74. The highest BCUT2D eigenvalue weighted by molar-refractivity contribution is 14.1. The first-order valence-corrected chi connectivity index (χ1v) is 9.81. The van der Waals surface area contributed by atoms with Gasteiger partial charge in [0.05, 0.1) is 0 Å². The molecule has 1 heterocycles. The number of H-pyrrole nitrogens is 1. The monoisotopic (exact) mass is 508 g/mol. The van der Waals surface area contributed by atoms with E-state index in [-0.39, 0.29) is 5.69 Å². The molecule has 0 fully saturated rings. The van der Waals surface area contributed by atoms with Gasteiger partial charge in [-0.05, 0) is 69.8 Å². The molecule has 0 bridgehead atoms. The summed E-state index contributed by atoms with van der Waals surface area (Å²) in [6, 6.07) is 5.85. The number of hydrogen-bond donors (Lipinski definition) is 3. The van der Waals surface area contributed by atoms with Crippen molar-refractivity contribution < 1.29 is 17.2 Å². The molecule has 13 heteroatoms. The number of hydrogen-bond acceptors (Lipinski definition) is 6. The fourth-order valence-corrected chi connectivity index (χ4v) is 3.60.